The standard InChI is InChI=1S/C21H17NO7/c1-12-16(29-21(24)17-6-3-9-27-17)8-7-15-19(23)18(28-20(12)15)11-13-4-2-5-14(10-13)22(25)26/h2,4-5,7-8,10-11,17H,3,6,9H2,1H3/b18-11-. The second kappa shape index (κ2) is 7.48. The number of nitrogens with zero attached hydrogens (tertiary/aromatic N) is 1. The van der Waals surface area contributed by atoms with Gasteiger partial charge in [-0.25, -0.2) is 4.79 Å². The molecular formula is C21H17NO7. The number of nitro benzene ring substituents is 1. The first kappa shape index (κ1) is 18.8. The van der Waals surface area contributed by atoms with Crippen molar-refractivity contribution >= 4 is 23.5 Å². The third kappa shape index (κ3) is 3.62. The van der Waals surface area contributed by atoms with Crippen LogP contribution >= 0.6 is 0 Å². The predicted octanol–water partition coefficient (Wildman–Crippen LogP) is 3.60. The maximum absolute atomic E-state index is 12.7. The van der Waals surface area contributed by atoms with E-state index < -0.39 is 17.0 Å². The molecule has 2 aliphatic rings. The van der Waals surface area contributed by atoms with Gasteiger partial charge in [0.2, 0.25) is 5.78 Å². The van der Waals surface area contributed by atoms with Crippen molar-refractivity contribution in [1.82, 2.24) is 0 Å². The Morgan fingerprint density at radius 2 is 2.14 bits per heavy atom. The number of ether oxygens (including phenoxy) is 3. The van der Waals surface area contributed by atoms with Crippen molar-refractivity contribution in [2.45, 2.75) is 25.9 Å². The quantitative estimate of drug-likeness (QED) is 0.256. The van der Waals surface area contributed by atoms with E-state index in [1.54, 1.807) is 19.1 Å². The first-order valence-electron chi connectivity index (χ1n) is 9.09. The lowest BCUT2D eigenvalue weighted by Crippen LogP contribution is -2.25. The smallest absolute Gasteiger partial charge is 0.340 e. The van der Waals surface area contributed by atoms with Crippen LogP contribution in [0.3, 0.4) is 0 Å². The molecule has 2 aromatic rings. The van der Waals surface area contributed by atoms with Gasteiger partial charge in [0.15, 0.2) is 11.9 Å². The monoisotopic (exact) mass is 395 g/mol. The molecule has 1 fully saturated rings. The summed E-state index contributed by atoms with van der Waals surface area (Å²) in [7, 11) is 0. The van der Waals surface area contributed by atoms with Crippen LogP contribution in [-0.2, 0) is 9.53 Å². The summed E-state index contributed by atoms with van der Waals surface area (Å²) in [5, 5.41) is 10.9. The van der Waals surface area contributed by atoms with E-state index in [9.17, 15) is 19.7 Å². The van der Waals surface area contributed by atoms with Crippen LogP contribution in [-0.4, -0.2) is 29.4 Å². The molecule has 29 heavy (non-hydrogen) atoms. The number of nitro groups is 1. The van der Waals surface area contributed by atoms with Crippen molar-refractivity contribution in [3.63, 3.8) is 0 Å². The number of hydrogen-bond acceptors (Lipinski definition) is 7. The van der Waals surface area contributed by atoms with Gasteiger partial charge in [0.25, 0.3) is 5.69 Å². The van der Waals surface area contributed by atoms with E-state index in [-0.39, 0.29) is 17.2 Å². The van der Waals surface area contributed by atoms with Crippen molar-refractivity contribution in [2.24, 2.45) is 0 Å². The van der Waals surface area contributed by atoms with Crippen LogP contribution < -0.4 is 9.47 Å². The first-order valence-corrected chi connectivity index (χ1v) is 9.09. The fraction of sp³-hybridized carbons (Fsp3) is 0.238. The lowest BCUT2D eigenvalue weighted by Gasteiger charge is -2.12. The SMILES string of the molecule is Cc1c(OC(=O)C2CCCO2)ccc2c1O/C(=C\c1cccc([N+](=O)[O-])c1)C2=O. The number of allylic oxidation sites excluding steroid dienone is 1. The Morgan fingerprint density at radius 1 is 1.31 bits per heavy atom. The van der Waals surface area contributed by atoms with Crippen molar-refractivity contribution in [2.75, 3.05) is 6.61 Å². The number of hydrogen-bond donors (Lipinski definition) is 0. The zero-order valence-electron chi connectivity index (χ0n) is 15.5. The van der Waals surface area contributed by atoms with Crippen molar-refractivity contribution in [3.8, 4) is 11.5 Å². The molecule has 4 rings (SSSR count). The Morgan fingerprint density at radius 3 is 2.86 bits per heavy atom. The van der Waals surface area contributed by atoms with Crippen molar-refractivity contribution in [1.29, 1.82) is 0 Å². The maximum atomic E-state index is 12.7. The molecule has 2 heterocycles. The van der Waals surface area contributed by atoms with E-state index >= 15 is 0 Å². The molecule has 0 saturated carbocycles. The van der Waals surface area contributed by atoms with Crippen LogP contribution in [0.2, 0.25) is 0 Å². The number of carbonyl (C=O) groups excluding carboxylic acids is 2. The molecule has 1 saturated heterocycles. The molecule has 0 spiro atoms. The average molecular weight is 395 g/mol. The van der Waals surface area contributed by atoms with E-state index in [4.69, 9.17) is 14.2 Å². The number of rotatable bonds is 4. The Hall–Kier alpha value is -3.52. The van der Waals surface area contributed by atoms with Gasteiger partial charge in [0.05, 0.1) is 10.5 Å². The van der Waals surface area contributed by atoms with Crippen LogP contribution in [0, 0.1) is 17.0 Å². The minimum Gasteiger partial charge on any atom is -0.452 e. The van der Waals surface area contributed by atoms with Crippen LogP contribution in [0.1, 0.15) is 34.3 Å². The summed E-state index contributed by atoms with van der Waals surface area (Å²) in [5.74, 6) is -0.155. The van der Waals surface area contributed by atoms with E-state index in [1.807, 2.05) is 0 Å². The summed E-state index contributed by atoms with van der Waals surface area (Å²) in [6, 6.07) is 8.99. The van der Waals surface area contributed by atoms with Gasteiger partial charge in [0.1, 0.15) is 11.5 Å². The van der Waals surface area contributed by atoms with E-state index in [1.165, 1.54) is 30.3 Å². The molecule has 8 nitrogen and oxygen atoms in total. The minimum absolute atomic E-state index is 0.0474. The first-order chi connectivity index (χ1) is 13.9. The lowest BCUT2D eigenvalue weighted by molar-refractivity contribution is -0.384. The number of ketones is 1. The average Bonchev–Trinajstić information content (AvgIpc) is 3.34. The Bertz CT molecular complexity index is 1050. The zero-order valence-corrected chi connectivity index (χ0v) is 15.5. The summed E-state index contributed by atoms with van der Waals surface area (Å²) in [6.45, 7) is 2.23. The van der Waals surface area contributed by atoms with Crippen LogP contribution in [0.25, 0.3) is 6.08 Å². The van der Waals surface area contributed by atoms with Crippen molar-refractivity contribution < 1.29 is 28.7 Å². The highest BCUT2D eigenvalue weighted by Crippen LogP contribution is 2.39. The van der Waals surface area contributed by atoms with Crippen LogP contribution in [0.4, 0.5) is 5.69 Å². The molecule has 0 amide bonds. The van der Waals surface area contributed by atoms with Gasteiger partial charge in [-0.15, -0.1) is 0 Å². The van der Waals surface area contributed by atoms with E-state index in [0.717, 1.165) is 6.42 Å². The molecular weight excluding hydrogens is 378 g/mol. The summed E-state index contributed by atoms with van der Waals surface area (Å²) < 4.78 is 16.5. The summed E-state index contributed by atoms with van der Waals surface area (Å²) in [6.07, 6.45) is 2.31. The van der Waals surface area contributed by atoms with Gasteiger partial charge < -0.3 is 14.2 Å². The second-order valence-corrected chi connectivity index (χ2v) is 6.78. The van der Waals surface area contributed by atoms with Gasteiger partial charge in [-0.2, -0.15) is 0 Å². The fourth-order valence-electron chi connectivity index (χ4n) is 3.30. The Kier molecular flexibility index (Phi) is 4.85. The molecule has 2 aromatic carbocycles. The number of fused-ring (bicyclic) bond motifs is 1. The van der Waals surface area contributed by atoms with Gasteiger partial charge >= 0.3 is 5.97 Å². The summed E-state index contributed by atoms with van der Waals surface area (Å²) in [4.78, 5) is 35.3. The van der Waals surface area contributed by atoms with Gasteiger partial charge in [-0.1, -0.05) is 12.1 Å². The highest BCUT2D eigenvalue weighted by molar-refractivity contribution is 6.15. The largest absolute Gasteiger partial charge is 0.452 e. The highest BCUT2D eigenvalue weighted by Gasteiger charge is 2.32. The lowest BCUT2D eigenvalue weighted by atomic mass is 10.1. The fourth-order valence-corrected chi connectivity index (χ4v) is 3.30. The molecule has 0 aromatic heterocycles. The minimum atomic E-state index is -0.575. The van der Waals surface area contributed by atoms with E-state index in [2.05, 4.69) is 0 Å². The van der Waals surface area contributed by atoms with Crippen LogP contribution in [0.15, 0.2) is 42.2 Å². The predicted molar refractivity (Wildman–Crippen MR) is 102 cm³/mol. The third-order valence-electron chi connectivity index (χ3n) is 4.82. The van der Waals surface area contributed by atoms with Crippen molar-refractivity contribution in [3.05, 3.63) is 69.0 Å². The second-order valence-electron chi connectivity index (χ2n) is 6.78. The van der Waals surface area contributed by atoms with Gasteiger partial charge in [-0.3, -0.25) is 14.9 Å². The molecule has 0 N–H and O–H groups in total. The number of benzene rings is 2. The zero-order chi connectivity index (χ0) is 20.5. The number of non-ortho nitro benzene ring substituents is 1. The maximum Gasteiger partial charge on any atom is 0.340 e. The summed E-state index contributed by atoms with van der Waals surface area (Å²) >= 11 is 0. The molecule has 0 radical (unpaired) electrons. The van der Waals surface area contributed by atoms with Gasteiger partial charge in [-0.05, 0) is 43.5 Å². The Labute approximate surface area is 165 Å². The normalized spacial score (nSPS) is 19.1. The third-order valence-corrected chi connectivity index (χ3v) is 4.82. The number of carbonyl (C=O) groups is 2. The van der Waals surface area contributed by atoms with Gasteiger partial charge in [0, 0.05) is 24.3 Å². The number of Topliss-reactive ketones (excluding diaryl/α,β-unsaturated/α-hetero) is 1. The molecule has 148 valence electrons. The molecule has 1 unspecified atom stereocenters. The summed E-state index contributed by atoms with van der Waals surface area (Å²) in [5.41, 5.74) is 1.25. The van der Waals surface area contributed by atoms with E-state index in [0.29, 0.717) is 41.2 Å². The van der Waals surface area contributed by atoms with Crippen LogP contribution in [0.5, 0.6) is 11.5 Å². The highest BCUT2D eigenvalue weighted by atomic mass is 16.6. The number of esters is 1. The topological polar surface area (TPSA) is 105 Å². The molecule has 2 aliphatic heterocycles. The molecule has 0 aliphatic carbocycles. The molecule has 0 bridgehead atoms. The molecule has 8 heteroatoms. The molecule has 1 atom stereocenters. The Balaban J connectivity index is 1.59.